The van der Waals surface area contributed by atoms with Crippen LogP contribution in [0, 0.1) is 5.41 Å². The van der Waals surface area contributed by atoms with E-state index in [0.717, 1.165) is 18.4 Å². The van der Waals surface area contributed by atoms with Crippen LogP contribution >= 0.6 is 0 Å². The Kier molecular flexibility index (Phi) is 4.24. The van der Waals surface area contributed by atoms with Crippen LogP contribution in [0.3, 0.4) is 0 Å². The van der Waals surface area contributed by atoms with Crippen LogP contribution in [0.2, 0.25) is 0 Å². The Hall–Kier alpha value is -1.83. The van der Waals surface area contributed by atoms with Crippen molar-refractivity contribution >= 4 is 5.97 Å². The summed E-state index contributed by atoms with van der Waals surface area (Å²) in [6, 6.07) is -1.58. The summed E-state index contributed by atoms with van der Waals surface area (Å²) < 4.78 is 37.6. The van der Waals surface area contributed by atoms with Gasteiger partial charge in [0.2, 0.25) is 0 Å². The van der Waals surface area contributed by atoms with Crippen molar-refractivity contribution in [1.29, 1.82) is 0 Å². The van der Waals surface area contributed by atoms with E-state index >= 15 is 0 Å². The van der Waals surface area contributed by atoms with Gasteiger partial charge in [-0.2, -0.15) is 0 Å². The van der Waals surface area contributed by atoms with Gasteiger partial charge in [-0.15, -0.1) is 0 Å². The molecule has 1 N–H and O–H groups in total. The second kappa shape index (κ2) is 7.98. The smallest absolute Gasteiger partial charge is 0.328 e. The van der Waals surface area contributed by atoms with Crippen molar-refractivity contribution in [2.24, 2.45) is 5.41 Å². The lowest BCUT2D eigenvalue weighted by atomic mass is 9.72. The van der Waals surface area contributed by atoms with Crippen molar-refractivity contribution in [2.75, 3.05) is 0 Å². The predicted octanol–water partition coefficient (Wildman–Crippen LogP) is 5.60. The molecule has 120 valence electrons. The predicted molar refractivity (Wildman–Crippen MR) is 93.8 cm³/mol. The minimum atomic E-state index is -2.84. The summed E-state index contributed by atoms with van der Waals surface area (Å²) in [5.74, 6) is -1.66. The first-order valence-electron chi connectivity index (χ1n) is 9.96. The largest absolute Gasteiger partial charge is 0.478 e. The normalized spacial score (nSPS) is 25.0. The maximum absolute atomic E-state index is 11.0. The Bertz CT molecular complexity index is 747. The lowest BCUT2D eigenvalue weighted by molar-refractivity contribution is -0.131. The molecule has 0 heterocycles. The van der Waals surface area contributed by atoms with Gasteiger partial charge in [-0.1, -0.05) is 55.3 Å². The molecule has 1 aliphatic carbocycles. The zero-order valence-electron chi connectivity index (χ0n) is 18.8. The molecule has 2 nitrogen and oxygen atoms in total. The average Bonchev–Trinajstić information content (AvgIpc) is 2.50. The van der Waals surface area contributed by atoms with Crippen LogP contribution in [-0.2, 0) is 4.79 Å². The first-order valence-corrected chi connectivity index (χ1v) is 7.46. The summed E-state index contributed by atoms with van der Waals surface area (Å²) >= 11 is 0. The van der Waals surface area contributed by atoms with E-state index in [1.54, 1.807) is 6.08 Å². The molecule has 0 bridgehead atoms. The molecule has 1 rings (SSSR count). The molecule has 0 unspecified atom stereocenters. The Morgan fingerprint density at radius 3 is 2.73 bits per heavy atom. The first-order chi connectivity index (χ1) is 12.3. The maximum atomic E-state index is 11.0. The van der Waals surface area contributed by atoms with E-state index in [9.17, 15) is 4.79 Å². The van der Waals surface area contributed by atoms with Gasteiger partial charge in [0.05, 0.1) is 2.74 Å². The molecule has 0 aromatic rings. The van der Waals surface area contributed by atoms with Crippen LogP contribution in [-0.4, -0.2) is 11.1 Å². The molecular formula is C20H28O2. The van der Waals surface area contributed by atoms with Gasteiger partial charge in [0, 0.05) is 10.2 Å². The van der Waals surface area contributed by atoms with E-state index in [1.807, 2.05) is 13.0 Å². The molecular weight excluding hydrogens is 272 g/mol. The summed E-state index contributed by atoms with van der Waals surface area (Å²) in [6.45, 7) is 5.55. The Balaban J connectivity index is 3.16. The summed E-state index contributed by atoms with van der Waals surface area (Å²) in [4.78, 5) is 11.0. The molecule has 0 aromatic heterocycles. The first kappa shape index (κ1) is 11.7. The van der Waals surface area contributed by atoms with Crippen molar-refractivity contribution in [1.82, 2.24) is 0 Å². The molecule has 0 saturated heterocycles. The van der Waals surface area contributed by atoms with E-state index in [4.69, 9.17) is 12.0 Å². The lowest BCUT2D eigenvalue weighted by Gasteiger charge is -2.32. The molecule has 0 radical (unpaired) electrons. The number of hydrogen-bond acceptors (Lipinski definition) is 1. The minimum absolute atomic E-state index is 0.105. The molecule has 0 fully saturated rings. The zero-order chi connectivity index (χ0) is 21.0. The van der Waals surface area contributed by atoms with Gasteiger partial charge >= 0.3 is 5.97 Å². The van der Waals surface area contributed by atoms with Crippen molar-refractivity contribution in [3.63, 3.8) is 0 Å². The van der Waals surface area contributed by atoms with Crippen molar-refractivity contribution in [3.8, 4) is 0 Å². The fraction of sp³-hybridized carbons (Fsp3) is 0.450. The minimum Gasteiger partial charge on any atom is -0.478 e. The maximum Gasteiger partial charge on any atom is 0.328 e. The topological polar surface area (TPSA) is 37.3 Å². The average molecular weight is 305 g/mol. The lowest BCUT2D eigenvalue weighted by Crippen LogP contribution is -2.19. The Morgan fingerprint density at radius 2 is 2.14 bits per heavy atom. The molecule has 0 saturated carbocycles. The monoisotopic (exact) mass is 305 g/mol. The highest BCUT2D eigenvalue weighted by Crippen LogP contribution is 2.40. The van der Waals surface area contributed by atoms with Crippen molar-refractivity contribution in [2.45, 2.75) is 53.8 Å². The Morgan fingerprint density at radius 1 is 1.41 bits per heavy atom. The van der Waals surface area contributed by atoms with Gasteiger partial charge in [-0.05, 0) is 56.5 Å². The number of carboxylic acid groups (broad SMARTS) is 1. The summed E-state index contributed by atoms with van der Waals surface area (Å²) in [5, 5.41) is 8.91. The third-order valence-electron chi connectivity index (χ3n) is 3.86. The fourth-order valence-corrected chi connectivity index (χ4v) is 2.68. The second-order valence-corrected chi connectivity index (χ2v) is 6.29. The summed E-state index contributed by atoms with van der Waals surface area (Å²) in [5.41, 5.74) is 2.79. The van der Waals surface area contributed by atoms with Crippen LogP contribution in [0.25, 0.3) is 0 Å². The van der Waals surface area contributed by atoms with E-state index in [2.05, 4.69) is 26.8 Å². The fourth-order valence-electron chi connectivity index (χ4n) is 2.68. The van der Waals surface area contributed by atoms with Crippen LogP contribution < -0.4 is 0 Å². The van der Waals surface area contributed by atoms with Gasteiger partial charge in [0.25, 0.3) is 0 Å². The quantitative estimate of drug-likeness (QED) is 0.530. The number of aliphatic carboxylic acids is 1. The van der Waals surface area contributed by atoms with E-state index in [0.29, 0.717) is 0 Å². The number of rotatable bonds is 5. The third-order valence-corrected chi connectivity index (χ3v) is 3.86. The van der Waals surface area contributed by atoms with Crippen molar-refractivity contribution in [3.05, 3.63) is 58.7 Å². The van der Waals surface area contributed by atoms with Gasteiger partial charge in [0.15, 0.2) is 0 Å². The SMILES string of the molecule is [2H]C(=C\C=C(C)\C=C\C1=C(C)CCCC1(C)C)/C(=C(\[2H])C(=O)O)C([2H])([2H])[2H]. The summed E-state index contributed by atoms with van der Waals surface area (Å²) in [6.07, 6.45) is 10.1. The van der Waals surface area contributed by atoms with Crippen molar-refractivity contribution < 1.29 is 16.8 Å². The molecule has 2 heteroatoms. The van der Waals surface area contributed by atoms with Gasteiger partial charge < -0.3 is 5.11 Å². The highest BCUT2D eigenvalue weighted by Gasteiger charge is 2.26. The van der Waals surface area contributed by atoms with E-state index in [1.165, 1.54) is 23.6 Å². The van der Waals surface area contributed by atoms with Crippen LogP contribution in [0.4, 0.5) is 0 Å². The number of hydrogen-bond donors (Lipinski definition) is 1. The molecule has 0 aliphatic heterocycles. The Labute approximate surface area is 141 Å². The van der Waals surface area contributed by atoms with Crippen LogP contribution in [0.5, 0.6) is 0 Å². The summed E-state index contributed by atoms with van der Waals surface area (Å²) in [7, 11) is 0. The molecule has 0 atom stereocenters. The number of carbonyl (C=O) groups is 1. The number of carboxylic acids is 1. The highest BCUT2D eigenvalue weighted by molar-refractivity contribution is 5.81. The van der Waals surface area contributed by atoms with Crippen LogP contribution in [0.1, 0.15) is 60.7 Å². The highest BCUT2D eigenvalue weighted by atomic mass is 16.4. The standard InChI is InChI=1S/C20H28O2/c1-15(8-6-9-16(2)14-19(21)22)11-12-18-17(3)10-7-13-20(18,4)5/h6,8-9,11-12,14H,7,10,13H2,1-5H3,(H,21,22)/b9-6+,12-11+,15-8+,16-14+/i2D3,9D,14D. The molecule has 22 heavy (non-hydrogen) atoms. The second-order valence-electron chi connectivity index (χ2n) is 6.29. The van der Waals surface area contributed by atoms with Gasteiger partial charge in [-0.25, -0.2) is 4.79 Å². The van der Waals surface area contributed by atoms with E-state index < -0.39 is 30.5 Å². The molecule has 0 aromatic carbocycles. The van der Waals surface area contributed by atoms with Gasteiger partial charge in [0.1, 0.15) is 0 Å². The zero-order valence-corrected chi connectivity index (χ0v) is 13.8. The molecule has 0 amide bonds. The molecule has 1 aliphatic rings. The van der Waals surface area contributed by atoms with Gasteiger partial charge in [-0.3, -0.25) is 0 Å². The van der Waals surface area contributed by atoms with Crippen LogP contribution in [0.15, 0.2) is 58.7 Å². The number of allylic oxidation sites excluding steroid dienone is 9. The molecule has 0 spiro atoms. The third kappa shape index (κ3) is 5.88. The van der Waals surface area contributed by atoms with E-state index in [-0.39, 0.29) is 5.41 Å².